The number of amides is 1. The number of pyridine rings is 2. The van der Waals surface area contributed by atoms with Gasteiger partial charge in [-0.1, -0.05) is 18.9 Å². The number of methoxy groups -OCH3 is 2. The second-order valence-electron chi connectivity index (χ2n) is 17.0. The summed E-state index contributed by atoms with van der Waals surface area (Å²) in [6.07, 6.45) is 5.34. The van der Waals surface area contributed by atoms with Crippen LogP contribution in [-0.2, 0) is 31.2 Å². The van der Waals surface area contributed by atoms with Crippen molar-refractivity contribution < 1.29 is 37.7 Å². The van der Waals surface area contributed by atoms with Crippen molar-refractivity contribution in [1.29, 1.82) is 0 Å². The Bertz CT molecular complexity index is 2290. The summed E-state index contributed by atoms with van der Waals surface area (Å²) >= 11 is 0. The number of unbranched alkanes of at least 4 members (excludes halogenated alkanes) is 3. The number of hydrogen-bond acceptors (Lipinski definition) is 10. The Morgan fingerprint density at radius 3 is 2.28 bits per heavy atom. The summed E-state index contributed by atoms with van der Waals surface area (Å²) in [6.45, 7) is 13.0. The van der Waals surface area contributed by atoms with Gasteiger partial charge in [-0.05, 0) is 123 Å². The van der Waals surface area contributed by atoms with Crippen molar-refractivity contribution in [2.75, 3.05) is 14.2 Å². The van der Waals surface area contributed by atoms with Gasteiger partial charge in [-0.3, -0.25) is 4.98 Å². The Morgan fingerprint density at radius 1 is 0.914 bits per heavy atom. The summed E-state index contributed by atoms with van der Waals surface area (Å²) in [4.78, 5) is 52.9. The van der Waals surface area contributed by atoms with Gasteiger partial charge in [-0.2, -0.15) is 0 Å². The molecule has 0 bridgehead atoms. The molecule has 0 aliphatic heterocycles. The fourth-order valence-electron chi connectivity index (χ4n) is 7.09. The summed E-state index contributed by atoms with van der Waals surface area (Å²) in [5.41, 5.74) is 0.0911. The smallest absolute Gasteiger partial charge is 0.408 e. The fourth-order valence-corrected chi connectivity index (χ4v) is 7.09. The first-order valence-corrected chi connectivity index (χ1v) is 19.9. The van der Waals surface area contributed by atoms with Crippen LogP contribution in [0.1, 0.15) is 127 Å². The molecule has 1 saturated carbocycles. The van der Waals surface area contributed by atoms with Crippen LogP contribution in [-0.4, -0.2) is 67.5 Å². The predicted octanol–water partition coefficient (Wildman–Crippen LogP) is 9.32. The number of alkyl halides is 1. The molecule has 4 aromatic heterocycles. The Labute approximate surface area is 338 Å². The third-order valence-electron chi connectivity index (χ3n) is 9.92. The molecule has 1 fully saturated rings. The monoisotopic (exact) mass is 798 g/mol. The maximum Gasteiger partial charge on any atom is 0.408 e. The van der Waals surface area contributed by atoms with Crippen molar-refractivity contribution in [3.63, 3.8) is 0 Å². The molecule has 1 amide bonds. The standard InChI is InChI=1S/C44H55FN6O7/c1-27(47-41(54)58-43(5,6)7)31-20-17-28-25-33(38-49-32-24-29(39(52)56-9)26-34(55-8)36(32)51(38)30-18-19-30)50(37(28)48-31)23-15-11-10-13-21-44(45,35-16-12-14-22-46-35)40(53)57-42(2,3)4/h12,14,16-17,20,22,24-27,30H,10-11,13,15,18-19,21,23H2,1-9H3,(H,47,54)/t27-,44?/m1/s1. The highest BCUT2D eigenvalue weighted by Crippen LogP contribution is 2.45. The number of aryl methyl sites for hydroxylation is 1. The zero-order valence-corrected chi connectivity index (χ0v) is 35.0. The number of rotatable bonds is 15. The number of nitrogens with one attached hydrogen (secondary N) is 1. The Kier molecular flexibility index (Phi) is 12.2. The maximum atomic E-state index is 16.6. The highest BCUT2D eigenvalue weighted by molar-refractivity contribution is 5.97. The van der Waals surface area contributed by atoms with Crippen LogP contribution in [0.5, 0.6) is 5.75 Å². The lowest BCUT2D eigenvalue weighted by molar-refractivity contribution is -0.171. The lowest BCUT2D eigenvalue weighted by Gasteiger charge is -2.28. The average molecular weight is 799 g/mol. The van der Waals surface area contributed by atoms with E-state index in [0.717, 1.165) is 35.9 Å². The van der Waals surface area contributed by atoms with Crippen LogP contribution < -0.4 is 10.1 Å². The summed E-state index contributed by atoms with van der Waals surface area (Å²) in [5, 5.41) is 3.78. The van der Waals surface area contributed by atoms with Crippen molar-refractivity contribution >= 4 is 40.1 Å². The van der Waals surface area contributed by atoms with Gasteiger partial charge in [0, 0.05) is 24.2 Å². The molecule has 1 N–H and O–H groups in total. The van der Waals surface area contributed by atoms with Crippen molar-refractivity contribution in [2.45, 2.75) is 129 Å². The van der Waals surface area contributed by atoms with Gasteiger partial charge in [0.2, 0.25) is 5.67 Å². The number of aromatic nitrogens is 5. The van der Waals surface area contributed by atoms with Crippen LogP contribution in [0.3, 0.4) is 0 Å². The van der Waals surface area contributed by atoms with Crippen LogP contribution in [0.2, 0.25) is 0 Å². The number of hydrogen-bond donors (Lipinski definition) is 1. The van der Waals surface area contributed by atoms with E-state index in [0.29, 0.717) is 59.8 Å². The largest absolute Gasteiger partial charge is 0.494 e. The molecular formula is C44H55FN6O7. The molecule has 0 spiro atoms. The van der Waals surface area contributed by atoms with Gasteiger partial charge in [0.15, 0.2) is 5.82 Å². The molecular weight excluding hydrogens is 744 g/mol. The van der Waals surface area contributed by atoms with Crippen LogP contribution >= 0.6 is 0 Å². The Morgan fingerprint density at radius 2 is 1.64 bits per heavy atom. The number of benzene rings is 1. The summed E-state index contributed by atoms with van der Waals surface area (Å²) < 4.78 is 42.8. The van der Waals surface area contributed by atoms with Crippen molar-refractivity contribution in [1.82, 2.24) is 29.4 Å². The molecule has 6 rings (SSSR count). The van der Waals surface area contributed by atoms with Gasteiger partial charge in [0.25, 0.3) is 0 Å². The number of ether oxygens (including phenoxy) is 4. The number of nitrogens with zero attached hydrogens (tertiary/aromatic N) is 5. The molecule has 1 aromatic carbocycles. The van der Waals surface area contributed by atoms with E-state index in [1.807, 2.05) is 39.8 Å². The molecule has 4 heterocycles. The zero-order chi connectivity index (χ0) is 42.0. The zero-order valence-electron chi connectivity index (χ0n) is 35.0. The first-order chi connectivity index (χ1) is 27.4. The van der Waals surface area contributed by atoms with Crippen LogP contribution in [0, 0.1) is 0 Å². The molecule has 5 aromatic rings. The van der Waals surface area contributed by atoms with Gasteiger partial charge in [-0.15, -0.1) is 0 Å². The molecule has 58 heavy (non-hydrogen) atoms. The van der Waals surface area contributed by atoms with E-state index in [1.165, 1.54) is 19.4 Å². The molecule has 2 atom stereocenters. The number of carbonyl (C=O) groups excluding carboxylic acids is 3. The number of esters is 2. The molecule has 0 saturated heterocycles. The second kappa shape index (κ2) is 16.8. The van der Waals surface area contributed by atoms with E-state index >= 15 is 4.39 Å². The van der Waals surface area contributed by atoms with Gasteiger partial charge in [-0.25, -0.2) is 28.7 Å². The van der Waals surface area contributed by atoms with Crippen LogP contribution in [0.15, 0.2) is 54.7 Å². The number of fused-ring (bicyclic) bond motifs is 2. The number of imidazole rings is 1. The molecule has 13 nitrogen and oxygen atoms in total. The minimum Gasteiger partial charge on any atom is -0.494 e. The van der Waals surface area contributed by atoms with E-state index in [4.69, 9.17) is 28.9 Å². The minimum atomic E-state index is -2.38. The van der Waals surface area contributed by atoms with Crippen molar-refractivity contribution in [3.8, 4) is 17.3 Å². The molecule has 0 radical (unpaired) electrons. The number of carbonyl (C=O) groups is 3. The summed E-state index contributed by atoms with van der Waals surface area (Å²) in [7, 11) is 2.91. The quantitative estimate of drug-likeness (QED) is 0.0617. The van der Waals surface area contributed by atoms with E-state index in [9.17, 15) is 14.4 Å². The molecule has 1 aliphatic rings. The highest BCUT2D eigenvalue weighted by Gasteiger charge is 2.44. The molecule has 1 unspecified atom stereocenters. The maximum absolute atomic E-state index is 16.6. The lowest BCUT2D eigenvalue weighted by atomic mass is 9.93. The van der Waals surface area contributed by atoms with E-state index < -0.39 is 40.9 Å². The SMILES string of the molecule is COC(=O)c1cc(OC)c2c(c1)nc(-c1cc3ccc([C@@H](C)NC(=O)OC(C)(C)C)nc3n1CCCCCCC(F)(C(=O)OC(C)(C)C)c1ccccn1)n2C1CC1. The molecule has 14 heteroatoms. The van der Waals surface area contributed by atoms with Crippen LogP contribution in [0.4, 0.5) is 9.18 Å². The Balaban J connectivity index is 1.32. The van der Waals surface area contributed by atoms with Crippen LogP contribution in [0.25, 0.3) is 33.6 Å². The van der Waals surface area contributed by atoms with E-state index in [2.05, 4.69) is 25.5 Å². The third kappa shape index (κ3) is 9.43. The van der Waals surface area contributed by atoms with Crippen molar-refractivity contribution in [2.24, 2.45) is 0 Å². The summed E-state index contributed by atoms with van der Waals surface area (Å²) in [5.74, 6) is -0.186. The van der Waals surface area contributed by atoms with E-state index in [1.54, 1.807) is 52.1 Å². The van der Waals surface area contributed by atoms with Gasteiger partial charge >= 0.3 is 18.0 Å². The lowest BCUT2D eigenvalue weighted by Crippen LogP contribution is -2.38. The first kappa shape index (κ1) is 42.1. The van der Waals surface area contributed by atoms with Gasteiger partial charge in [0.05, 0.1) is 48.4 Å². The highest BCUT2D eigenvalue weighted by atomic mass is 19.1. The van der Waals surface area contributed by atoms with E-state index in [-0.39, 0.29) is 18.2 Å². The normalized spacial score (nSPS) is 14.9. The van der Waals surface area contributed by atoms with Gasteiger partial charge in [0.1, 0.15) is 28.1 Å². The van der Waals surface area contributed by atoms with Crippen molar-refractivity contribution in [3.05, 3.63) is 71.7 Å². The predicted molar refractivity (Wildman–Crippen MR) is 218 cm³/mol. The third-order valence-corrected chi connectivity index (χ3v) is 9.92. The average Bonchev–Trinajstić information content (AvgIpc) is 3.84. The Hall–Kier alpha value is -5.53. The molecule has 310 valence electrons. The fraction of sp³-hybridized carbons (Fsp3) is 0.500. The summed E-state index contributed by atoms with van der Waals surface area (Å²) in [6, 6.07) is 14.0. The second-order valence-corrected chi connectivity index (χ2v) is 17.0. The minimum absolute atomic E-state index is 0.0406. The topological polar surface area (TPSA) is 149 Å². The number of alkyl carbamates (subject to hydrolysis) is 1. The number of halogens is 1. The molecule has 1 aliphatic carbocycles. The first-order valence-electron chi connectivity index (χ1n) is 19.9. The van der Waals surface area contributed by atoms with Gasteiger partial charge < -0.3 is 33.4 Å².